The van der Waals surface area contributed by atoms with Gasteiger partial charge in [-0.15, -0.1) is 0 Å². The van der Waals surface area contributed by atoms with Crippen molar-refractivity contribution in [2.75, 3.05) is 0 Å². The number of carbonyl (C=O) groups is 1. The van der Waals surface area contributed by atoms with E-state index in [2.05, 4.69) is 4.99 Å². The molecule has 1 rings (SSSR count). The van der Waals surface area contributed by atoms with Crippen LogP contribution in [0.2, 0.25) is 0 Å². The molecule has 0 radical (unpaired) electrons. The van der Waals surface area contributed by atoms with Crippen LogP contribution in [0, 0.1) is 0 Å². The fraction of sp³-hybridized carbons (Fsp3) is 0. The van der Waals surface area contributed by atoms with Crippen LogP contribution < -0.4 is 5.32 Å². The Balaban J connectivity index is 2.57. The molecule has 58 valence electrons. The predicted octanol–water partition coefficient (Wildman–Crippen LogP) is 0.668. The van der Waals surface area contributed by atoms with Crippen molar-refractivity contribution in [3.8, 4) is 0 Å². The van der Waals surface area contributed by atoms with E-state index in [9.17, 15) is 4.79 Å². The standard InChI is InChI=1S/C6H6N2O3/c9-6(10)8-5-2-1-3-7-4-11-5/h1-4,8H,(H,9,10). The van der Waals surface area contributed by atoms with Gasteiger partial charge in [-0.25, -0.2) is 9.79 Å². The molecule has 0 aromatic carbocycles. The van der Waals surface area contributed by atoms with Crippen LogP contribution in [-0.4, -0.2) is 17.6 Å². The molecular formula is C6H6N2O3. The Kier molecular flexibility index (Phi) is 2.27. The molecule has 2 N–H and O–H groups in total. The second-order valence-corrected chi connectivity index (χ2v) is 1.67. The lowest BCUT2D eigenvalue weighted by Crippen LogP contribution is -2.21. The van der Waals surface area contributed by atoms with Crippen molar-refractivity contribution in [1.82, 2.24) is 5.32 Å². The van der Waals surface area contributed by atoms with Gasteiger partial charge in [-0.2, -0.15) is 0 Å². The Morgan fingerprint density at radius 3 is 3.27 bits per heavy atom. The van der Waals surface area contributed by atoms with Crippen LogP contribution in [0.3, 0.4) is 0 Å². The van der Waals surface area contributed by atoms with Gasteiger partial charge in [-0.05, 0) is 6.08 Å². The van der Waals surface area contributed by atoms with Gasteiger partial charge in [0, 0.05) is 12.3 Å². The summed E-state index contributed by atoms with van der Waals surface area (Å²) in [6.45, 7) is 0. The Hall–Kier alpha value is -1.78. The molecule has 1 aliphatic heterocycles. The molecule has 0 saturated carbocycles. The highest BCUT2D eigenvalue weighted by molar-refractivity contribution is 5.67. The molecule has 1 aliphatic rings. The summed E-state index contributed by atoms with van der Waals surface area (Å²) in [5, 5.41) is 10.3. The maximum atomic E-state index is 10.1. The van der Waals surface area contributed by atoms with Crippen LogP contribution in [0.15, 0.2) is 29.2 Å². The topological polar surface area (TPSA) is 70.9 Å². The quantitative estimate of drug-likeness (QED) is 0.583. The third-order valence-corrected chi connectivity index (χ3v) is 0.890. The fourth-order valence-electron chi connectivity index (χ4n) is 0.518. The molecular weight excluding hydrogens is 148 g/mol. The lowest BCUT2D eigenvalue weighted by atomic mass is 10.5. The Labute approximate surface area is 62.7 Å². The first-order chi connectivity index (χ1) is 5.29. The number of hydrogen-bond acceptors (Lipinski definition) is 3. The Morgan fingerprint density at radius 1 is 1.73 bits per heavy atom. The number of amides is 1. The van der Waals surface area contributed by atoms with Gasteiger partial charge < -0.3 is 9.84 Å². The van der Waals surface area contributed by atoms with E-state index in [4.69, 9.17) is 9.84 Å². The highest BCUT2D eigenvalue weighted by Gasteiger charge is 2.00. The molecule has 5 nitrogen and oxygen atoms in total. The average Bonchev–Trinajstić information content (AvgIpc) is 2.14. The lowest BCUT2D eigenvalue weighted by molar-refractivity contribution is 0.192. The maximum absolute atomic E-state index is 10.1. The van der Waals surface area contributed by atoms with Gasteiger partial charge in [0.25, 0.3) is 0 Å². The summed E-state index contributed by atoms with van der Waals surface area (Å²) in [4.78, 5) is 13.7. The first-order valence-corrected chi connectivity index (χ1v) is 2.84. The number of rotatable bonds is 1. The van der Waals surface area contributed by atoms with E-state index in [-0.39, 0.29) is 5.88 Å². The molecule has 0 aromatic heterocycles. The third-order valence-electron chi connectivity index (χ3n) is 0.890. The summed E-state index contributed by atoms with van der Waals surface area (Å²) >= 11 is 0. The SMILES string of the molecule is O=C(O)NC1=CC=CN=CO1. The Bertz CT molecular complexity index is 242. The lowest BCUT2D eigenvalue weighted by Gasteiger charge is -2.01. The van der Waals surface area contributed by atoms with Crippen LogP contribution in [0.5, 0.6) is 0 Å². The van der Waals surface area contributed by atoms with E-state index in [1.54, 1.807) is 6.08 Å². The molecule has 0 bridgehead atoms. The number of nitrogens with one attached hydrogen (secondary N) is 1. The molecule has 1 amide bonds. The molecule has 11 heavy (non-hydrogen) atoms. The molecule has 0 atom stereocenters. The zero-order chi connectivity index (χ0) is 8.10. The zero-order valence-electron chi connectivity index (χ0n) is 5.52. The van der Waals surface area contributed by atoms with E-state index in [1.807, 2.05) is 5.32 Å². The molecule has 0 spiro atoms. The van der Waals surface area contributed by atoms with Crippen molar-refractivity contribution < 1.29 is 14.6 Å². The van der Waals surface area contributed by atoms with Gasteiger partial charge in [0.1, 0.15) is 0 Å². The van der Waals surface area contributed by atoms with Crippen LogP contribution >= 0.6 is 0 Å². The van der Waals surface area contributed by atoms with Crippen LogP contribution in [0.4, 0.5) is 4.79 Å². The van der Waals surface area contributed by atoms with E-state index >= 15 is 0 Å². The van der Waals surface area contributed by atoms with E-state index in [0.29, 0.717) is 0 Å². The summed E-state index contributed by atoms with van der Waals surface area (Å²) in [6, 6.07) is 0. The molecule has 1 heterocycles. The van der Waals surface area contributed by atoms with Crippen molar-refractivity contribution in [3.05, 3.63) is 24.2 Å². The third kappa shape index (κ3) is 2.53. The average molecular weight is 154 g/mol. The van der Waals surface area contributed by atoms with Crippen molar-refractivity contribution in [1.29, 1.82) is 0 Å². The first kappa shape index (κ1) is 7.33. The molecule has 0 fully saturated rings. The molecule has 0 aliphatic carbocycles. The van der Waals surface area contributed by atoms with Gasteiger partial charge in [0.15, 0.2) is 6.40 Å². The smallest absolute Gasteiger partial charge is 0.411 e. The Morgan fingerprint density at radius 2 is 2.55 bits per heavy atom. The number of hydrogen-bond donors (Lipinski definition) is 2. The molecule has 5 heteroatoms. The van der Waals surface area contributed by atoms with Crippen LogP contribution in [-0.2, 0) is 4.74 Å². The van der Waals surface area contributed by atoms with Crippen molar-refractivity contribution in [3.63, 3.8) is 0 Å². The summed E-state index contributed by atoms with van der Waals surface area (Å²) in [5.41, 5.74) is 0. The van der Waals surface area contributed by atoms with Crippen molar-refractivity contribution in [2.45, 2.75) is 0 Å². The summed E-state index contributed by atoms with van der Waals surface area (Å²) in [5.74, 6) is 0.134. The van der Waals surface area contributed by atoms with Gasteiger partial charge in [-0.3, -0.25) is 5.32 Å². The van der Waals surface area contributed by atoms with Gasteiger partial charge >= 0.3 is 6.09 Å². The molecule has 0 saturated heterocycles. The minimum atomic E-state index is -1.17. The van der Waals surface area contributed by atoms with Crippen molar-refractivity contribution >= 4 is 12.5 Å². The normalized spacial score (nSPS) is 14.7. The second-order valence-electron chi connectivity index (χ2n) is 1.67. The first-order valence-electron chi connectivity index (χ1n) is 2.84. The summed E-state index contributed by atoms with van der Waals surface area (Å²) < 4.78 is 4.73. The number of aliphatic imine (C=N–C) groups is 1. The van der Waals surface area contributed by atoms with E-state index in [0.717, 1.165) is 6.40 Å². The van der Waals surface area contributed by atoms with Gasteiger partial charge in [0.2, 0.25) is 5.88 Å². The van der Waals surface area contributed by atoms with Crippen molar-refractivity contribution in [2.24, 2.45) is 4.99 Å². The predicted molar refractivity (Wildman–Crippen MR) is 38.0 cm³/mol. The minimum absolute atomic E-state index is 0.134. The largest absolute Gasteiger partial charge is 0.465 e. The minimum Gasteiger partial charge on any atom is -0.465 e. The number of allylic oxidation sites excluding steroid dienone is 2. The van der Waals surface area contributed by atoms with E-state index < -0.39 is 6.09 Å². The number of ether oxygens (including phenoxy) is 1. The van der Waals surface area contributed by atoms with Crippen LogP contribution in [0.25, 0.3) is 0 Å². The van der Waals surface area contributed by atoms with Gasteiger partial charge in [0.05, 0.1) is 0 Å². The monoisotopic (exact) mass is 154 g/mol. The van der Waals surface area contributed by atoms with Crippen LogP contribution in [0.1, 0.15) is 0 Å². The van der Waals surface area contributed by atoms with Gasteiger partial charge in [-0.1, -0.05) is 0 Å². The highest BCUT2D eigenvalue weighted by atomic mass is 16.5. The second kappa shape index (κ2) is 3.40. The van der Waals surface area contributed by atoms with E-state index in [1.165, 1.54) is 12.3 Å². The number of nitrogens with zero attached hydrogens (tertiary/aromatic N) is 1. The summed E-state index contributed by atoms with van der Waals surface area (Å²) in [6.07, 6.45) is 4.48. The number of carboxylic acid groups (broad SMARTS) is 1. The zero-order valence-corrected chi connectivity index (χ0v) is 5.52. The fourth-order valence-corrected chi connectivity index (χ4v) is 0.518. The maximum Gasteiger partial charge on any atom is 0.411 e. The summed E-state index contributed by atoms with van der Waals surface area (Å²) in [7, 11) is 0. The molecule has 0 aromatic rings. The highest BCUT2D eigenvalue weighted by Crippen LogP contribution is 1.95. The molecule has 0 unspecified atom stereocenters.